The van der Waals surface area contributed by atoms with Crippen LogP contribution in [0.15, 0.2) is 42.6 Å². The molecule has 0 atom stereocenters. The van der Waals surface area contributed by atoms with E-state index in [0.717, 1.165) is 5.82 Å². The second-order valence-electron chi connectivity index (χ2n) is 6.86. The van der Waals surface area contributed by atoms with Crippen molar-refractivity contribution >= 4 is 23.3 Å². The molecule has 2 aliphatic rings. The highest BCUT2D eigenvalue weighted by molar-refractivity contribution is 5.97. The summed E-state index contributed by atoms with van der Waals surface area (Å²) in [5.74, 6) is 0.970. The lowest BCUT2D eigenvalue weighted by atomic mass is 9.99. The minimum Gasteiger partial charge on any atom is -0.381 e. The average molecular weight is 367 g/mol. The zero-order valence-electron chi connectivity index (χ0n) is 14.8. The van der Waals surface area contributed by atoms with Gasteiger partial charge in [-0.05, 0) is 36.4 Å². The zero-order chi connectivity index (χ0) is 18.6. The van der Waals surface area contributed by atoms with Crippen LogP contribution in [0, 0.1) is 11.8 Å². The number of aromatic nitrogens is 2. The predicted molar refractivity (Wildman–Crippen MR) is 99.4 cm³/mol. The van der Waals surface area contributed by atoms with E-state index in [0.29, 0.717) is 50.0 Å². The van der Waals surface area contributed by atoms with Crippen molar-refractivity contribution in [3.05, 3.63) is 48.2 Å². The van der Waals surface area contributed by atoms with Crippen molar-refractivity contribution in [2.45, 2.75) is 0 Å². The normalized spacial score (nSPS) is 17.0. The van der Waals surface area contributed by atoms with Crippen LogP contribution >= 0.6 is 0 Å². The fraction of sp³-hybridized carbons (Fsp3) is 0.368. The van der Waals surface area contributed by atoms with Crippen LogP contribution in [-0.4, -0.2) is 54.9 Å². The Bertz CT molecular complexity index is 802. The lowest BCUT2D eigenvalue weighted by Crippen LogP contribution is -2.52. The van der Waals surface area contributed by atoms with Gasteiger partial charge in [0.15, 0.2) is 5.82 Å². The number of hydrogen-bond acceptors (Lipinski definition) is 6. The zero-order valence-corrected chi connectivity index (χ0v) is 14.8. The van der Waals surface area contributed by atoms with E-state index in [1.165, 1.54) is 0 Å². The number of carbonyl (C=O) groups excluding carboxylic acids is 2. The van der Waals surface area contributed by atoms with E-state index in [2.05, 4.69) is 20.8 Å². The first-order valence-corrected chi connectivity index (χ1v) is 8.98. The number of nitrogens with one attached hydrogen (secondary N) is 2. The number of nitrogens with zero attached hydrogens (tertiary/aromatic N) is 3. The molecule has 0 aliphatic carbocycles. The number of ether oxygens (including phenoxy) is 1. The summed E-state index contributed by atoms with van der Waals surface area (Å²) in [6.45, 7) is 3.29. The van der Waals surface area contributed by atoms with Crippen molar-refractivity contribution < 1.29 is 14.3 Å². The van der Waals surface area contributed by atoms with Crippen LogP contribution in [0.1, 0.15) is 10.4 Å². The molecule has 2 aromatic rings. The van der Waals surface area contributed by atoms with Crippen molar-refractivity contribution in [3.63, 3.8) is 0 Å². The van der Waals surface area contributed by atoms with Gasteiger partial charge in [-0.3, -0.25) is 9.59 Å². The molecule has 140 valence electrons. The van der Waals surface area contributed by atoms with Gasteiger partial charge in [-0.2, -0.15) is 5.10 Å². The third-order valence-electron chi connectivity index (χ3n) is 4.81. The van der Waals surface area contributed by atoms with Crippen LogP contribution in [-0.2, 0) is 9.53 Å². The van der Waals surface area contributed by atoms with E-state index in [4.69, 9.17) is 4.74 Å². The molecule has 0 spiro atoms. The molecule has 27 heavy (non-hydrogen) atoms. The van der Waals surface area contributed by atoms with Gasteiger partial charge in [0.25, 0.3) is 5.91 Å². The highest BCUT2D eigenvalue weighted by Gasteiger charge is 2.33. The Balaban J connectivity index is 1.25. The van der Waals surface area contributed by atoms with Crippen LogP contribution in [0.4, 0.5) is 11.5 Å². The van der Waals surface area contributed by atoms with Crippen LogP contribution in [0.3, 0.4) is 0 Å². The van der Waals surface area contributed by atoms with Gasteiger partial charge in [0.05, 0.1) is 19.1 Å². The lowest BCUT2D eigenvalue weighted by Gasteiger charge is -2.38. The molecule has 1 aromatic heterocycles. The summed E-state index contributed by atoms with van der Waals surface area (Å²) >= 11 is 0. The minimum atomic E-state index is -0.113. The summed E-state index contributed by atoms with van der Waals surface area (Å²) in [4.78, 5) is 26.5. The molecule has 2 amide bonds. The summed E-state index contributed by atoms with van der Waals surface area (Å²) in [6.07, 6.45) is 1.62. The number of anilines is 2. The maximum absolute atomic E-state index is 12.3. The van der Waals surface area contributed by atoms with Gasteiger partial charge < -0.3 is 20.3 Å². The molecule has 3 heterocycles. The van der Waals surface area contributed by atoms with Gasteiger partial charge in [-0.1, -0.05) is 0 Å². The first-order valence-electron chi connectivity index (χ1n) is 8.98. The summed E-state index contributed by atoms with van der Waals surface area (Å²) in [7, 11) is 0. The second kappa shape index (κ2) is 7.71. The van der Waals surface area contributed by atoms with Crippen molar-refractivity contribution in [2.75, 3.05) is 43.1 Å². The number of amides is 2. The molecule has 2 fully saturated rings. The highest BCUT2D eigenvalue weighted by Crippen LogP contribution is 2.23. The molecular weight excluding hydrogens is 346 g/mol. The average Bonchev–Trinajstić information content (AvgIpc) is 2.60. The fourth-order valence-electron chi connectivity index (χ4n) is 2.98. The smallest absolute Gasteiger partial charge is 0.251 e. The molecule has 2 N–H and O–H groups in total. The van der Waals surface area contributed by atoms with Crippen LogP contribution < -0.4 is 15.5 Å². The van der Waals surface area contributed by atoms with E-state index in [1.807, 2.05) is 17.0 Å². The van der Waals surface area contributed by atoms with Gasteiger partial charge in [-0.25, -0.2) is 0 Å². The Morgan fingerprint density at radius 1 is 1.15 bits per heavy atom. The summed E-state index contributed by atoms with van der Waals surface area (Å²) < 4.78 is 5.09. The molecule has 4 rings (SSSR count). The van der Waals surface area contributed by atoms with Crippen LogP contribution in [0.25, 0.3) is 0 Å². The number of carbonyl (C=O) groups is 2. The molecule has 8 nitrogen and oxygen atoms in total. The largest absolute Gasteiger partial charge is 0.381 e. The number of hydrogen-bond donors (Lipinski definition) is 2. The van der Waals surface area contributed by atoms with E-state index >= 15 is 0 Å². The highest BCUT2D eigenvalue weighted by atomic mass is 16.5. The van der Waals surface area contributed by atoms with E-state index < -0.39 is 0 Å². The summed E-state index contributed by atoms with van der Waals surface area (Å²) in [5.41, 5.74) is 1.26. The molecule has 0 radical (unpaired) electrons. The molecule has 0 saturated carbocycles. The summed E-state index contributed by atoms with van der Waals surface area (Å²) in [5, 5.41) is 13.7. The van der Waals surface area contributed by atoms with E-state index in [1.54, 1.807) is 30.5 Å². The third kappa shape index (κ3) is 4.06. The minimum absolute atomic E-state index is 0.0303. The first-order chi connectivity index (χ1) is 13.2. The topological polar surface area (TPSA) is 96.5 Å². The molecule has 8 heteroatoms. The van der Waals surface area contributed by atoms with Crippen molar-refractivity contribution in [2.24, 2.45) is 11.8 Å². The van der Waals surface area contributed by atoms with Gasteiger partial charge in [-0.15, -0.1) is 5.10 Å². The fourth-order valence-corrected chi connectivity index (χ4v) is 2.98. The maximum Gasteiger partial charge on any atom is 0.251 e. The van der Waals surface area contributed by atoms with Crippen molar-refractivity contribution in [3.8, 4) is 0 Å². The van der Waals surface area contributed by atoms with Crippen molar-refractivity contribution in [1.82, 2.24) is 15.5 Å². The van der Waals surface area contributed by atoms with Crippen LogP contribution in [0.5, 0.6) is 0 Å². The van der Waals surface area contributed by atoms with Gasteiger partial charge >= 0.3 is 0 Å². The Labute approximate surface area is 156 Å². The second-order valence-corrected chi connectivity index (χ2v) is 6.86. The Morgan fingerprint density at radius 3 is 2.56 bits per heavy atom. The SMILES string of the molecule is O=C(NCC1COC1)c1ccc(NC(=O)C2CN(c3cccnn3)C2)cc1. The Kier molecular flexibility index (Phi) is 4.97. The van der Waals surface area contributed by atoms with Crippen molar-refractivity contribution in [1.29, 1.82) is 0 Å². The standard InChI is InChI=1S/C19H21N5O3/c25-18(20-8-13-11-27-12-13)14-3-5-16(6-4-14)22-19(26)15-9-24(10-15)17-2-1-7-21-23-17/h1-7,13,15H,8-12H2,(H,20,25)(H,22,26). The van der Waals surface area contributed by atoms with Gasteiger partial charge in [0, 0.05) is 43.0 Å². The maximum atomic E-state index is 12.3. The third-order valence-corrected chi connectivity index (χ3v) is 4.81. The van der Waals surface area contributed by atoms with E-state index in [9.17, 15) is 9.59 Å². The molecule has 0 unspecified atom stereocenters. The van der Waals surface area contributed by atoms with Gasteiger partial charge in [0.1, 0.15) is 0 Å². The first kappa shape index (κ1) is 17.4. The predicted octanol–water partition coefficient (Wildman–Crippen LogP) is 0.928. The van der Waals surface area contributed by atoms with E-state index in [-0.39, 0.29) is 17.7 Å². The molecule has 2 saturated heterocycles. The summed E-state index contributed by atoms with van der Waals surface area (Å²) in [6, 6.07) is 10.6. The Hall–Kier alpha value is -3.00. The monoisotopic (exact) mass is 367 g/mol. The quantitative estimate of drug-likeness (QED) is 0.788. The van der Waals surface area contributed by atoms with Crippen LogP contribution in [0.2, 0.25) is 0 Å². The molecule has 2 aliphatic heterocycles. The molecular formula is C19H21N5O3. The molecule has 0 bridgehead atoms. The Morgan fingerprint density at radius 2 is 1.93 bits per heavy atom. The van der Waals surface area contributed by atoms with Gasteiger partial charge in [0.2, 0.25) is 5.91 Å². The molecule has 1 aromatic carbocycles. The number of rotatable bonds is 6. The number of benzene rings is 1. The lowest BCUT2D eigenvalue weighted by molar-refractivity contribution is -0.120.